The van der Waals surface area contributed by atoms with Crippen molar-refractivity contribution < 1.29 is 28.0 Å². The van der Waals surface area contributed by atoms with Gasteiger partial charge in [0.1, 0.15) is 11.6 Å². The molecule has 0 unspecified atom stereocenters. The van der Waals surface area contributed by atoms with Gasteiger partial charge in [0, 0.05) is 5.56 Å². The van der Waals surface area contributed by atoms with Crippen molar-refractivity contribution in [3.8, 4) is 28.5 Å². The third-order valence-electron chi connectivity index (χ3n) is 3.88. The molecule has 9 heteroatoms. The maximum Gasteiger partial charge on any atom is 0.266 e. The second-order valence-electron chi connectivity index (χ2n) is 5.73. The van der Waals surface area contributed by atoms with Crippen LogP contribution in [0.5, 0.6) is 17.2 Å². The van der Waals surface area contributed by atoms with Gasteiger partial charge in [0.15, 0.2) is 23.3 Å². The van der Waals surface area contributed by atoms with Crippen LogP contribution in [0.4, 0.5) is 10.2 Å². The number of amides is 1. The second-order valence-corrected chi connectivity index (χ2v) is 5.73. The normalized spacial score (nSPS) is 11.6. The van der Waals surface area contributed by atoms with Crippen LogP contribution in [0.1, 0.15) is 6.92 Å². The predicted octanol–water partition coefficient (Wildman–Crippen LogP) is 3.30. The molecule has 8 nitrogen and oxygen atoms in total. The minimum atomic E-state index is -0.861. The fourth-order valence-electron chi connectivity index (χ4n) is 2.43. The average molecular weight is 387 g/mol. The summed E-state index contributed by atoms with van der Waals surface area (Å²) >= 11 is 0. The smallest absolute Gasteiger partial charge is 0.266 e. The number of hydrogen-bond donors (Lipinski definition) is 1. The first kappa shape index (κ1) is 19.2. The Morgan fingerprint density at radius 1 is 1.07 bits per heavy atom. The monoisotopic (exact) mass is 387 g/mol. The van der Waals surface area contributed by atoms with Gasteiger partial charge in [0.2, 0.25) is 5.82 Å². The van der Waals surface area contributed by atoms with Crippen molar-refractivity contribution in [1.29, 1.82) is 0 Å². The zero-order valence-electron chi connectivity index (χ0n) is 15.4. The zero-order chi connectivity index (χ0) is 20.1. The fraction of sp³-hybridized carbons (Fsp3) is 0.211. The molecule has 2 aromatic carbocycles. The van der Waals surface area contributed by atoms with Gasteiger partial charge in [0.25, 0.3) is 5.91 Å². The van der Waals surface area contributed by atoms with Gasteiger partial charge in [-0.3, -0.25) is 4.79 Å². The van der Waals surface area contributed by atoms with Crippen LogP contribution >= 0.6 is 0 Å². The van der Waals surface area contributed by atoms with E-state index in [1.54, 1.807) is 25.1 Å². The third kappa shape index (κ3) is 4.20. The number of benzene rings is 2. The summed E-state index contributed by atoms with van der Waals surface area (Å²) in [6.07, 6.45) is -0.861. The van der Waals surface area contributed by atoms with Gasteiger partial charge in [-0.1, -0.05) is 0 Å². The number of carbonyl (C=O) groups excluding carboxylic acids is 1. The van der Waals surface area contributed by atoms with Crippen molar-refractivity contribution in [2.45, 2.75) is 13.0 Å². The molecule has 0 spiro atoms. The molecule has 3 aromatic rings. The highest BCUT2D eigenvalue weighted by Crippen LogP contribution is 2.33. The van der Waals surface area contributed by atoms with Gasteiger partial charge >= 0.3 is 0 Å². The topological polar surface area (TPSA) is 95.7 Å². The molecule has 0 saturated carbocycles. The number of methoxy groups -OCH3 is 2. The molecule has 0 radical (unpaired) electrons. The van der Waals surface area contributed by atoms with Crippen LogP contribution in [0.25, 0.3) is 11.3 Å². The number of ether oxygens (including phenoxy) is 3. The van der Waals surface area contributed by atoms with Crippen molar-refractivity contribution in [2.75, 3.05) is 19.5 Å². The van der Waals surface area contributed by atoms with Gasteiger partial charge in [-0.05, 0) is 59.7 Å². The van der Waals surface area contributed by atoms with Crippen molar-refractivity contribution in [3.63, 3.8) is 0 Å². The molecule has 3 rings (SSSR count). The second kappa shape index (κ2) is 8.38. The van der Waals surface area contributed by atoms with E-state index < -0.39 is 17.8 Å². The number of anilines is 1. The van der Waals surface area contributed by atoms with Gasteiger partial charge in [0.05, 0.1) is 14.2 Å². The average Bonchev–Trinajstić information content (AvgIpc) is 3.17. The maximum atomic E-state index is 13.0. The molecule has 0 bridgehead atoms. The van der Waals surface area contributed by atoms with E-state index in [0.717, 1.165) is 0 Å². The molecule has 28 heavy (non-hydrogen) atoms. The highest BCUT2D eigenvalue weighted by atomic mass is 19.1. The number of halogens is 1. The van der Waals surface area contributed by atoms with Crippen molar-refractivity contribution in [3.05, 3.63) is 48.3 Å². The molecule has 0 saturated heterocycles. The van der Waals surface area contributed by atoms with Crippen LogP contribution in [-0.2, 0) is 4.79 Å². The number of nitrogens with zero attached hydrogens (tertiary/aromatic N) is 2. The molecule has 0 aliphatic heterocycles. The van der Waals surface area contributed by atoms with Crippen molar-refractivity contribution >= 4 is 11.7 Å². The lowest BCUT2D eigenvalue weighted by Crippen LogP contribution is -2.30. The summed E-state index contributed by atoms with van der Waals surface area (Å²) in [4.78, 5) is 12.4. The summed E-state index contributed by atoms with van der Waals surface area (Å²) < 4.78 is 33.7. The molecule has 1 atom stereocenters. The first-order chi connectivity index (χ1) is 13.5. The van der Waals surface area contributed by atoms with E-state index in [-0.39, 0.29) is 5.82 Å². The minimum Gasteiger partial charge on any atom is -0.493 e. The summed E-state index contributed by atoms with van der Waals surface area (Å²) in [6, 6.07) is 10.5. The Morgan fingerprint density at radius 3 is 2.46 bits per heavy atom. The van der Waals surface area contributed by atoms with Crippen LogP contribution in [-0.4, -0.2) is 36.5 Å². The summed E-state index contributed by atoms with van der Waals surface area (Å²) in [5.74, 6) is 0.677. The lowest BCUT2D eigenvalue weighted by atomic mass is 10.1. The quantitative estimate of drug-likeness (QED) is 0.664. The molecule has 1 amide bonds. The predicted molar refractivity (Wildman–Crippen MR) is 98.0 cm³/mol. The molecule has 1 heterocycles. The zero-order valence-corrected chi connectivity index (χ0v) is 15.4. The standard InChI is InChI=1S/C19H18FN3O5/c1-11(27-14-7-5-13(20)6-8-14)19(24)21-18-17(22-28-23-18)12-4-9-15(25-2)16(10-12)26-3/h4-11H,1-3H3,(H,21,23,24)/t11-/m1/s1. The number of carbonyl (C=O) groups is 1. The Bertz CT molecular complexity index is 958. The van der Waals surface area contributed by atoms with Gasteiger partial charge < -0.3 is 19.5 Å². The van der Waals surface area contributed by atoms with E-state index in [1.165, 1.54) is 38.5 Å². The Kier molecular flexibility index (Phi) is 5.73. The largest absolute Gasteiger partial charge is 0.493 e. The van der Waals surface area contributed by atoms with Gasteiger partial charge in [-0.25, -0.2) is 9.02 Å². The van der Waals surface area contributed by atoms with E-state index in [9.17, 15) is 9.18 Å². The Balaban J connectivity index is 1.74. The molecule has 1 aromatic heterocycles. The minimum absolute atomic E-state index is 0.131. The van der Waals surface area contributed by atoms with E-state index in [4.69, 9.17) is 18.8 Å². The molecule has 1 N–H and O–H groups in total. The van der Waals surface area contributed by atoms with E-state index >= 15 is 0 Å². The van der Waals surface area contributed by atoms with E-state index in [0.29, 0.717) is 28.5 Å². The van der Waals surface area contributed by atoms with Crippen LogP contribution < -0.4 is 19.5 Å². The first-order valence-corrected chi connectivity index (χ1v) is 8.30. The highest BCUT2D eigenvalue weighted by molar-refractivity contribution is 5.96. The number of rotatable bonds is 7. The van der Waals surface area contributed by atoms with Gasteiger partial charge in [-0.15, -0.1) is 0 Å². The number of nitrogens with one attached hydrogen (secondary N) is 1. The number of hydrogen-bond acceptors (Lipinski definition) is 7. The maximum absolute atomic E-state index is 13.0. The van der Waals surface area contributed by atoms with E-state index in [2.05, 4.69) is 15.6 Å². The van der Waals surface area contributed by atoms with Crippen LogP contribution in [0.15, 0.2) is 47.1 Å². The van der Waals surface area contributed by atoms with Crippen molar-refractivity contribution in [1.82, 2.24) is 10.3 Å². The van der Waals surface area contributed by atoms with E-state index in [1.807, 2.05) is 0 Å². The van der Waals surface area contributed by atoms with Crippen LogP contribution in [0.2, 0.25) is 0 Å². The summed E-state index contributed by atoms with van der Waals surface area (Å²) in [6.45, 7) is 1.56. The highest BCUT2D eigenvalue weighted by Gasteiger charge is 2.21. The Labute approximate surface area is 160 Å². The van der Waals surface area contributed by atoms with Crippen LogP contribution in [0, 0.1) is 5.82 Å². The summed E-state index contributed by atoms with van der Waals surface area (Å²) in [7, 11) is 3.04. The lowest BCUT2D eigenvalue weighted by Gasteiger charge is -2.14. The first-order valence-electron chi connectivity index (χ1n) is 8.30. The molecule has 0 fully saturated rings. The molecule has 0 aliphatic rings. The molecule has 0 aliphatic carbocycles. The fourth-order valence-corrected chi connectivity index (χ4v) is 2.43. The molecular formula is C19H18FN3O5. The SMILES string of the molecule is COc1ccc(-c2nonc2NC(=O)[C@@H](C)Oc2ccc(F)cc2)cc1OC. The number of aromatic nitrogens is 2. The molecular weight excluding hydrogens is 369 g/mol. The Hall–Kier alpha value is -3.62. The summed E-state index contributed by atoms with van der Waals surface area (Å²) in [5, 5.41) is 10.2. The van der Waals surface area contributed by atoms with Crippen molar-refractivity contribution in [2.24, 2.45) is 0 Å². The third-order valence-corrected chi connectivity index (χ3v) is 3.88. The van der Waals surface area contributed by atoms with Crippen LogP contribution in [0.3, 0.4) is 0 Å². The summed E-state index contributed by atoms with van der Waals surface area (Å²) in [5.41, 5.74) is 0.935. The Morgan fingerprint density at radius 2 is 1.79 bits per heavy atom. The van der Waals surface area contributed by atoms with Gasteiger partial charge in [-0.2, -0.15) is 0 Å². The lowest BCUT2D eigenvalue weighted by molar-refractivity contribution is -0.122. The molecule has 146 valence electrons.